The number of benzene rings is 3. The third kappa shape index (κ3) is 5.55. The third-order valence-corrected chi connectivity index (χ3v) is 7.66. The second-order valence-electron chi connectivity index (χ2n) is 10.5. The van der Waals surface area contributed by atoms with Crippen molar-refractivity contribution in [3.8, 4) is 11.5 Å². The van der Waals surface area contributed by atoms with E-state index in [0.29, 0.717) is 48.9 Å². The van der Waals surface area contributed by atoms with Gasteiger partial charge < -0.3 is 14.5 Å². The van der Waals surface area contributed by atoms with Crippen LogP contribution < -0.4 is 15.0 Å². The van der Waals surface area contributed by atoms with Crippen LogP contribution in [0.25, 0.3) is 10.9 Å². The van der Waals surface area contributed by atoms with Crippen molar-refractivity contribution in [2.45, 2.75) is 52.9 Å². The molecule has 0 saturated heterocycles. The van der Waals surface area contributed by atoms with Gasteiger partial charge in [-0.1, -0.05) is 25.1 Å². The zero-order valence-electron chi connectivity index (χ0n) is 23.2. The molecular formula is C31H31FN6O3. The Bertz CT molecular complexity index is 1760. The van der Waals surface area contributed by atoms with Crippen molar-refractivity contribution >= 4 is 10.9 Å². The predicted octanol–water partition coefficient (Wildman–Crippen LogP) is 5.20. The number of aromatic amines is 1. The maximum atomic E-state index is 13.5. The summed E-state index contributed by atoms with van der Waals surface area (Å²) in [6, 6.07) is 18.1. The molecule has 9 nitrogen and oxygen atoms in total. The highest BCUT2D eigenvalue weighted by Crippen LogP contribution is 2.34. The van der Waals surface area contributed by atoms with Crippen molar-refractivity contribution in [3.05, 3.63) is 110 Å². The van der Waals surface area contributed by atoms with Crippen LogP contribution in [0.2, 0.25) is 0 Å². The average Bonchev–Trinajstić information content (AvgIpc) is 3.61. The van der Waals surface area contributed by atoms with Gasteiger partial charge in [0.05, 0.1) is 12.6 Å². The van der Waals surface area contributed by atoms with E-state index in [0.717, 1.165) is 27.6 Å². The van der Waals surface area contributed by atoms with Gasteiger partial charge in [-0.2, -0.15) is 0 Å². The van der Waals surface area contributed by atoms with Crippen LogP contribution in [-0.2, 0) is 19.6 Å². The largest absolute Gasteiger partial charge is 0.454 e. The fourth-order valence-electron chi connectivity index (χ4n) is 5.34. The van der Waals surface area contributed by atoms with Crippen LogP contribution in [0, 0.1) is 19.7 Å². The lowest BCUT2D eigenvalue weighted by atomic mass is 10.0. The molecule has 6 rings (SSSR count). The van der Waals surface area contributed by atoms with Gasteiger partial charge in [-0.25, -0.2) is 9.07 Å². The molecule has 2 aromatic heterocycles. The van der Waals surface area contributed by atoms with Crippen molar-refractivity contribution in [1.29, 1.82) is 0 Å². The first-order valence-corrected chi connectivity index (χ1v) is 13.6. The van der Waals surface area contributed by atoms with Crippen LogP contribution in [0.3, 0.4) is 0 Å². The fraction of sp³-hybridized carbons (Fsp3) is 0.290. The van der Waals surface area contributed by atoms with E-state index in [9.17, 15) is 9.18 Å². The number of nitrogens with one attached hydrogen (secondary N) is 1. The lowest BCUT2D eigenvalue weighted by Crippen LogP contribution is -2.32. The Morgan fingerprint density at radius 1 is 0.976 bits per heavy atom. The zero-order valence-corrected chi connectivity index (χ0v) is 23.2. The third-order valence-electron chi connectivity index (χ3n) is 7.66. The van der Waals surface area contributed by atoms with Crippen LogP contribution in [0.4, 0.5) is 4.39 Å². The van der Waals surface area contributed by atoms with Crippen molar-refractivity contribution in [1.82, 2.24) is 30.1 Å². The molecule has 0 fully saturated rings. The first-order chi connectivity index (χ1) is 19.9. The molecule has 3 aromatic carbocycles. The molecule has 1 aliphatic rings. The van der Waals surface area contributed by atoms with E-state index in [1.807, 2.05) is 37.3 Å². The lowest BCUT2D eigenvalue weighted by molar-refractivity contribution is 0.161. The maximum Gasteiger partial charge on any atom is 0.252 e. The highest BCUT2D eigenvalue weighted by molar-refractivity contribution is 5.80. The summed E-state index contributed by atoms with van der Waals surface area (Å²) in [5, 5.41) is 13.6. The van der Waals surface area contributed by atoms with E-state index >= 15 is 0 Å². The molecule has 1 atom stereocenters. The lowest BCUT2D eigenvalue weighted by Gasteiger charge is -2.30. The van der Waals surface area contributed by atoms with Crippen LogP contribution in [0.1, 0.15) is 53.0 Å². The van der Waals surface area contributed by atoms with Crippen LogP contribution >= 0.6 is 0 Å². The summed E-state index contributed by atoms with van der Waals surface area (Å²) in [5.41, 5.74) is 5.53. The maximum absolute atomic E-state index is 13.5. The number of nitrogens with zero attached hydrogens (tertiary/aromatic N) is 5. The quantitative estimate of drug-likeness (QED) is 0.267. The van der Waals surface area contributed by atoms with Gasteiger partial charge in [0.15, 0.2) is 17.3 Å². The van der Waals surface area contributed by atoms with Gasteiger partial charge in [0.2, 0.25) is 6.79 Å². The van der Waals surface area contributed by atoms with Crippen LogP contribution in [0.5, 0.6) is 11.5 Å². The Labute approximate surface area is 236 Å². The molecule has 0 radical (unpaired) electrons. The summed E-state index contributed by atoms with van der Waals surface area (Å²) in [7, 11) is 0. The standard InChI is InChI=1S/C31H31FN6O3/c1-4-27(30-34-35-36-38(30)16-21-5-8-25(32)9-6-21)37(15-22-7-10-28-29(13-22)41-18-40-28)17-24-14-23-11-19(2)20(3)12-26(23)33-31(24)39/h5-14,27H,4,15-18H2,1-3H3,(H,33,39)/t27-/m0/s1. The Kier molecular flexibility index (Phi) is 7.23. The molecule has 0 aliphatic carbocycles. The molecule has 0 amide bonds. The number of pyridine rings is 1. The number of fused-ring (bicyclic) bond motifs is 2. The van der Waals surface area contributed by atoms with Gasteiger partial charge >= 0.3 is 0 Å². The number of tetrazole rings is 1. The van der Waals surface area contributed by atoms with Gasteiger partial charge in [0, 0.05) is 24.2 Å². The minimum Gasteiger partial charge on any atom is -0.454 e. The zero-order chi connectivity index (χ0) is 28.5. The van der Waals surface area contributed by atoms with E-state index in [4.69, 9.17) is 9.47 Å². The molecule has 5 aromatic rings. The first-order valence-electron chi connectivity index (χ1n) is 13.6. The summed E-state index contributed by atoms with van der Waals surface area (Å²) in [4.78, 5) is 18.6. The number of ether oxygens (including phenoxy) is 2. The van der Waals surface area contributed by atoms with Crippen molar-refractivity contribution < 1.29 is 13.9 Å². The molecule has 1 N–H and O–H groups in total. The summed E-state index contributed by atoms with van der Waals surface area (Å²) >= 11 is 0. The first kappa shape index (κ1) is 26.6. The number of aryl methyl sites for hydroxylation is 2. The SMILES string of the molecule is CC[C@@H](c1nnnn1Cc1ccc(F)cc1)N(Cc1ccc2c(c1)OCO2)Cc1cc2cc(C)c(C)cc2[nH]c1=O. The van der Waals surface area contributed by atoms with E-state index < -0.39 is 0 Å². The number of aromatic nitrogens is 5. The molecule has 41 heavy (non-hydrogen) atoms. The van der Waals surface area contributed by atoms with Gasteiger partial charge in [-0.05, 0) is 101 Å². The number of hydrogen-bond donors (Lipinski definition) is 1. The second kappa shape index (κ2) is 11.1. The molecule has 1 aliphatic heterocycles. The number of hydrogen-bond acceptors (Lipinski definition) is 7. The Morgan fingerprint density at radius 3 is 2.54 bits per heavy atom. The van der Waals surface area contributed by atoms with Crippen LogP contribution in [-0.4, -0.2) is 36.9 Å². The molecule has 0 spiro atoms. The minimum absolute atomic E-state index is 0.128. The second-order valence-corrected chi connectivity index (χ2v) is 10.5. The molecule has 0 bridgehead atoms. The smallest absolute Gasteiger partial charge is 0.252 e. The van der Waals surface area contributed by atoms with Crippen molar-refractivity contribution in [2.75, 3.05) is 6.79 Å². The van der Waals surface area contributed by atoms with Crippen LogP contribution in [0.15, 0.2) is 65.5 Å². The highest BCUT2D eigenvalue weighted by Gasteiger charge is 2.27. The number of rotatable bonds is 9. The van der Waals surface area contributed by atoms with E-state index in [1.165, 1.54) is 17.7 Å². The minimum atomic E-state index is -0.294. The van der Waals surface area contributed by atoms with Gasteiger partial charge in [0.25, 0.3) is 5.56 Å². The summed E-state index contributed by atoms with van der Waals surface area (Å²) in [6.45, 7) is 7.66. The number of halogens is 1. The highest BCUT2D eigenvalue weighted by atomic mass is 19.1. The van der Waals surface area contributed by atoms with Gasteiger partial charge in [-0.3, -0.25) is 9.69 Å². The van der Waals surface area contributed by atoms with E-state index in [2.05, 4.69) is 45.3 Å². The molecule has 0 unspecified atom stereocenters. The Morgan fingerprint density at radius 2 is 1.73 bits per heavy atom. The van der Waals surface area contributed by atoms with Gasteiger partial charge in [0.1, 0.15) is 5.82 Å². The molecule has 3 heterocycles. The molecule has 0 saturated carbocycles. The van der Waals surface area contributed by atoms with E-state index in [-0.39, 0.29) is 24.2 Å². The number of H-pyrrole nitrogens is 1. The average molecular weight is 555 g/mol. The van der Waals surface area contributed by atoms with Gasteiger partial charge in [-0.15, -0.1) is 5.10 Å². The van der Waals surface area contributed by atoms with Crippen molar-refractivity contribution in [3.63, 3.8) is 0 Å². The van der Waals surface area contributed by atoms with E-state index in [1.54, 1.807) is 16.8 Å². The normalized spacial score (nSPS) is 13.3. The topological polar surface area (TPSA) is 98.2 Å². The molecular weight excluding hydrogens is 523 g/mol. The Hall–Kier alpha value is -4.57. The Balaban J connectivity index is 1.37. The molecule has 210 valence electrons. The summed E-state index contributed by atoms with van der Waals surface area (Å²) in [6.07, 6.45) is 0.693. The summed E-state index contributed by atoms with van der Waals surface area (Å²) in [5.74, 6) is 1.79. The monoisotopic (exact) mass is 554 g/mol. The predicted molar refractivity (Wildman–Crippen MR) is 152 cm³/mol. The molecule has 10 heteroatoms. The summed E-state index contributed by atoms with van der Waals surface area (Å²) < 4.78 is 26.4. The van der Waals surface area contributed by atoms with Crippen molar-refractivity contribution in [2.24, 2.45) is 0 Å². The fourth-order valence-corrected chi connectivity index (χ4v) is 5.34.